The first-order chi connectivity index (χ1) is 16.8. The van der Waals surface area contributed by atoms with Gasteiger partial charge in [0, 0.05) is 22.0 Å². The van der Waals surface area contributed by atoms with Gasteiger partial charge in [-0.3, -0.25) is 9.59 Å². The molecular formula is C29H37Cl2NO4. The van der Waals surface area contributed by atoms with Crippen LogP contribution in [0.15, 0.2) is 48.5 Å². The standard InChI is InChI=1S/C29H37Cl2NO4/c1-5-23(10-7-15-28(2,3)36)32-26(19-11-13-21(30)14-12-19)24(20-8-6-9-22(31)16-20)17-29(4,27(32)35)18-25(33)34/h6,8-9,11-14,16,23-24,26,36H,5,7,10,15,17-18H2,1-4H3,(H,33,34). The number of amides is 1. The van der Waals surface area contributed by atoms with Gasteiger partial charge >= 0.3 is 5.97 Å². The number of nitrogens with zero attached hydrogens (tertiary/aromatic N) is 1. The summed E-state index contributed by atoms with van der Waals surface area (Å²) in [6.45, 7) is 7.40. The van der Waals surface area contributed by atoms with Crippen LogP contribution in [0.3, 0.4) is 0 Å². The number of halogens is 2. The smallest absolute Gasteiger partial charge is 0.304 e. The number of hydrogen-bond donors (Lipinski definition) is 2. The Morgan fingerprint density at radius 3 is 2.36 bits per heavy atom. The Kier molecular flexibility index (Phi) is 9.13. The van der Waals surface area contributed by atoms with E-state index in [0.29, 0.717) is 35.7 Å². The third-order valence-corrected chi connectivity index (χ3v) is 7.81. The monoisotopic (exact) mass is 533 g/mol. The minimum absolute atomic E-state index is 0.115. The van der Waals surface area contributed by atoms with E-state index in [0.717, 1.165) is 17.5 Å². The molecule has 0 radical (unpaired) electrons. The second kappa shape index (κ2) is 11.5. The number of likely N-dealkylation sites (tertiary alicyclic amines) is 1. The van der Waals surface area contributed by atoms with Crippen molar-refractivity contribution in [3.05, 3.63) is 69.7 Å². The van der Waals surface area contributed by atoms with Crippen LogP contribution in [0, 0.1) is 5.41 Å². The van der Waals surface area contributed by atoms with Crippen LogP contribution in [0.4, 0.5) is 0 Å². The van der Waals surface area contributed by atoms with Crippen LogP contribution in [0.2, 0.25) is 10.0 Å². The van der Waals surface area contributed by atoms with Gasteiger partial charge in [-0.15, -0.1) is 0 Å². The number of aliphatic carboxylic acids is 1. The van der Waals surface area contributed by atoms with Gasteiger partial charge in [0.2, 0.25) is 5.91 Å². The van der Waals surface area contributed by atoms with Crippen LogP contribution < -0.4 is 0 Å². The van der Waals surface area contributed by atoms with E-state index in [2.05, 4.69) is 6.92 Å². The highest BCUT2D eigenvalue weighted by Gasteiger charge is 2.52. The fourth-order valence-electron chi connectivity index (χ4n) is 5.59. The molecule has 3 rings (SSSR count). The van der Waals surface area contributed by atoms with Crippen LogP contribution in [-0.2, 0) is 9.59 Å². The van der Waals surface area contributed by atoms with Crippen LogP contribution in [0.1, 0.15) is 89.3 Å². The van der Waals surface area contributed by atoms with Gasteiger partial charge in [0.15, 0.2) is 0 Å². The van der Waals surface area contributed by atoms with Crippen LogP contribution in [-0.4, -0.2) is 38.6 Å². The maximum atomic E-state index is 14.2. The lowest BCUT2D eigenvalue weighted by atomic mass is 9.67. The SMILES string of the molecule is CCC(CCCC(C)(C)O)N1C(=O)C(C)(CC(=O)O)CC(c2cccc(Cl)c2)C1c1ccc(Cl)cc1. The number of carbonyl (C=O) groups is 2. The number of carboxylic acids is 1. The molecule has 1 aliphatic rings. The number of piperidine rings is 1. The van der Waals surface area contributed by atoms with Crippen molar-refractivity contribution in [2.24, 2.45) is 5.41 Å². The largest absolute Gasteiger partial charge is 0.481 e. The first-order valence-electron chi connectivity index (χ1n) is 12.6. The molecule has 0 aromatic heterocycles. The number of carbonyl (C=O) groups excluding carboxylic acids is 1. The predicted molar refractivity (Wildman–Crippen MR) is 144 cm³/mol. The fourth-order valence-corrected chi connectivity index (χ4v) is 5.92. The summed E-state index contributed by atoms with van der Waals surface area (Å²) in [5, 5.41) is 21.2. The maximum Gasteiger partial charge on any atom is 0.304 e. The van der Waals surface area contributed by atoms with Gasteiger partial charge in [0.25, 0.3) is 0 Å². The molecule has 5 nitrogen and oxygen atoms in total. The molecule has 2 N–H and O–H groups in total. The Bertz CT molecular complexity index is 1070. The second-order valence-corrected chi connectivity index (χ2v) is 11.8. The van der Waals surface area contributed by atoms with Gasteiger partial charge in [-0.1, -0.05) is 61.3 Å². The molecule has 2 aromatic carbocycles. The molecule has 4 atom stereocenters. The minimum Gasteiger partial charge on any atom is -0.481 e. The molecule has 196 valence electrons. The summed E-state index contributed by atoms with van der Waals surface area (Å²) in [7, 11) is 0. The Morgan fingerprint density at radius 2 is 1.81 bits per heavy atom. The normalized spacial score (nSPS) is 23.5. The van der Waals surface area contributed by atoms with Crippen molar-refractivity contribution in [3.8, 4) is 0 Å². The first-order valence-corrected chi connectivity index (χ1v) is 13.4. The summed E-state index contributed by atoms with van der Waals surface area (Å²) in [5.41, 5.74) is 0.0748. The third kappa shape index (κ3) is 6.81. The van der Waals surface area contributed by atoms with Crippen molar-refractivity contribution >= 4 is 35.1 Å². The van der Waals surface area contributed by atoms with Crippen molar-refractivity contribution < 1.29 is 19.8 Å². The Balaban J connectivity index is 2.15. The van der Waals surface area contributed by atoms with Crippen molar-refractivity contribution in [1.29, 1.82) is 0 Å². The number of benzene rings is 2. The Morgan fingerprint density at radius 1 is 1.14 bits per heavy atom. The zero-order valence-electron chi connectivity index (χ0n) is 21.5. The highest BCUT2D eigenvalue weighted by molar-refractivity contribution is 6.30. The van der Waals surface area contributed by atoms with E-state index < -0.39 is 17.0 Å². The molecule has 7 heteroatoms. The average Bonchev–Trinajstić information content (AvgIpc) is 2.78. The molecule has 0 bridgehead atoms. The van der Waals surface area contributed by atoms with Crippen molar-refractivity contribution in [2.45, 2.75) is 89.8 Å². The quantitative estimate of drug-likeness (QED) is 0.337. The van der Waals surface area contributed by atoms with Crippen molar-refractivity contribution in [3.63, 3.8) is 0 Å². The zero-order chi connectivity index (χ0) is 26.7. The lowest BCUT2D eigenvalue weighted by Crippen LogP contribution is -2.56. The van der Waals surface area contributed by atoms with E-state index in [1.807, 2.05) is 53.4 Å². The molecule has 2 aromatic rings. The van der Waals surface area contributed by atoms with Crippen molar-refractivity contribution in [2.75, 3.05) is 0 Å². The van der Waals surface area contributed by atoms with Crippen molar-refractivity contribution in [1.82, 2.24) is 4.90 Å². The topological polar surface area (TPSA) is 77.8 Å². The minimum atomic E-state index is -1.06. The zero-order valence-corrected chi connectivity index (χ0v) is 23.0. The summed E-state index contributed by atoms with van der Waals surface area (Å²) >= 11 is 12.6. The van der Waals surface area contributed by atoms with Crippen LogP contribution >= 0.6 is 23.2 Å². The Hall–Kier alpha value is -2.08. The van der Waals surface area contributed by atoms with Gasteiger partial charge < -0.3 is 15.1 Å². The molecule has 0 spiro atoms. The van der Waals surface area contributed by atoms with Crippen LogP contribution in [0.25, 0.3) is 0 Å². The molecule has 1 heterocycles. The summed E-state index contributed by atoms with van der Waals surface area (Å²) < 4.78 is 0. The lowest BCUT2D eigenvalue weighted by Gasteiger charge is -2.52. The average molecular weight is 535 g/mol. The number of hydrogen-bond acceptors (Lipinski definition) is 3. The maximum absolute atomic E-state index is 14.2. The van der Waals surface area contributed by atoms with Gasteiger partial charge in [0.05, 0.1) is 23.5 Å². The lowest BCUT2D eigenvalue weighted by molar-refractivity contribution is -0.160. The van der Waals surface area contributed by atoms with Gasteiger partial charge in [0.1, 0.15) is 0 Å². The predicted octanol–water partition coefficient (Wildman–Crippen LogP) is 7.25. The number of carboxylic acid groups (broad SMARTS) is 1. The van der Waals surface area contributed by atoms with E-state index >= 15 is 0 Å². The van der Waals surface area contributed by atoms with Gasteiger partial charge in [-0.2, -0.15) is 0 Å². The molecule has 1 fully saturated rings. The van der Waals surface area contributed by atoms with E-state index in [4.69, 9.17) is 23.2 Å². The molecule has 1 aliphatic heterocycles. The molecule has 1 saturated heterocycles. The molecule has 0 saturated carbocycles. The molecular weight excluding hydrogens is 497 g/mol. The van der Waals surface area contributed by atoms with Gasteiger partial charge in [-0.05, 0) is 81.3 Å². The molecule has 1 amide bonds. The molecule has 36 heavy (non-hydrogen) atoms. The Labute approximate surface area is 224 Å². The fraction of sp³-hybridized carbons (Fsp3) is 0.517. The van der Waals surface area contributed by atoms with Gasteiger partial charge in [-0.25, -0.2) is 0 Å². The van der Waals surface area contributed by atoms with E-state index in [1.54, 1.807) is 20.8 Å². The number of aliphatic hydroxyl groups is 1. The summed E-state index contributed by atoms with van der Waals surface area (Å²) in [6.07, 6.45) is 2.93. The summed E-state index contributed by atoms with van der Waals surface area (Å²) in [6, 6.07) is 14.8. The summed E-state index contributed by atoms with van der Waals surface area (Å²) in [4.78, 5) is 28.0. The third-order valence-electron chi connectivity index (χ3n) is 7.32. The van der Waals surface area contributed by atoms with Crippen LogP contribution in [0.5, 0.6) is 0 Å². The number of rotatable bonds is 10. The summed E-state index contributed by atoms with van der Waals surface area (Å²) in [5.74, 6) is -1.29. The highest BCUT2D eigenvalue weighted by Crippen LogP contribution is 2.52. The highest BCUT2D eigenvalue weighted by atomic mass is 35.5. The molecule has 0 aliphatic carbocycles. The molecule has 4 unspecified atom stereocenters. The van der Waals surface area contributed by atoms with E-state index in [-0.39, 0.29) is 30.3 Å². The second-order valence-electron chi connectivity index (χ2n) is 11.0. The first kappa shape index (κ1) is 28.5. The van der Waals surface area contributed by atoms with E-state index in [1.165, 1.54) is 0 Å². The van der Waals surface area contributed by atoms with E-state index in [9.17, 15) is 19.8 Å².